The van der Waals surface area contributed by atoms with Gasteiger partial charge in [-0.05, 0) is 22.0 Å². The molecule has 6 heteroatoms. The van der Waals surface area contributed by atoms with Gasteiger partial charge in [0.2, 0.25) is 0 Å². The molecule has 2 aromatic heterocycles. The predicted octanol–water partition coefficient (Wildman–Crippen LogP) is 3.04. The molecule has 0 radical (unpaired) electrons. The number of ether oxygens (including phenoxy) is 1. The third-order valence-corrected chi connectivity index (χ3v) is 2.31. The van der Waals surface area contributed by atoms with Gasteiger partial charge < -0.3 is 4.74 Å². The molecule has 2 rings (SSSR count). The molecule has 2 aromatic rings. The van der Waals surface area contributed by atoms with Gasteiger partial charge in [-0.25, -0.2) is 13.8 Å². The largest absolute Gasteiger partial charge is 0.485 e. The molecule has 3 nitrogen and oxygen atoms in total. The molecule has 0 aliphatic heterocycles. The van der Waals surface area contributed by atoms with Crippen LogP contribution in [0.25, 0.3) is 11.0 Å². The number of hydrogen-bond acceptors (Lipinski definition) is 3. The highest BCUT2D eigenvalue weighted by Gasteiger charge is 2.08. The molecule has 0 unspecified atom stereocenters. The number of fused-ring (bicyclic) bond motifs is 1. The SMILES string of the molecule is FC(F)COc1ccnc2cc(Br)cnc12. The maximum atomic E-state index is 12.0. The Morgan fingerprint density at radius 3 is 2.94 bits per heavy atom. The van der Waals surface area contributed by atoms with Gasteiger partial charge in [-0.3, -0.25) is 4.98 Å². The summed E-state index contributed by atoms with van der Waals surface area (Å²) in [5.41, 5.74) is 1.08. The lowest BCUT2D eigenvalue weighted by Crippen LogP contribution is -2.07. The van der Waals surface area contributed by atoms with Crippen LogP contribution in [0.1, 0.15) is 0 Å². The molecule has 0 amide bonds. The Hall–Kier alpha value is -1.30. The first-order valence-corrected chi connectivity index (χ1v) is 5.27. The first-order chi connectivity index (χ1) is 7.66. The molecular weight excluding hydrogens is 282 g/mol. The molecule has 0 saturated carbocycles. The van der Waals surface area contributed by atoms with Gasteiger partial charge in [0.1, 0.15) is 17.9 Å². The highest BCUT2D eigenvalue weighted by atomic mass is 79.9. The van der Waals surface area contributed by atoms with Gasteiger partial charge in [0, 0.05) is 22.9 Å². The Morgan fingerprint density at radius 1 is 1.38 bits per heavy atom. The minimum absolute atomic E-state index is 0.317. The smallest absolute Gasteiger partial charge is 0.272 e. The maximum absolute atomic E-state index is 12.0. The van der Waals surface area contributed by atoms with Gasteiger partial charge in [0.05, 0.1) is 5.52 Å². The number of nitrogens with zero attached hydrogens (tertiary/aromatic N) is 2. The number of alkyl halides is 2. The summed E-state index contributed by atoms with van der Waals surface area (Å²) < 4.78 is 29.8. The van der Waals surface area contributed by atoms with E-state index in [2.05, 4.69) is 25.9 Å². The van der Waals surface area contributed by atoms with Crippen molar-refractivity contribution in [2.45, 2.75) is 6.43 Å². The van der Waals surface area contributed by atoms with E-state index in [9.17, 15) is 8.78 Å². The van der Waals surface area contributed by atoms with Crippen molar-refractivity contribution >= 4 is 27.0 Å². The predicted molar refractivity (Wildman–Crippen MR) is 58.7 cm³/mol. The molecule has 0 atom stereocenters. The van der Waals surface area contributed by atoms with Crippen molar-refractivity contribution in [3.05, 3.63) is 29.0 Å². The Bertz CT molecular complexity index is 507. The molecule has 2 heterocycles. The van der Waals surface area contributed by atoms with Crippen LogP contribution in [-0.4, -0.2) is 23.0 Å². The van der Waals surface area contributed by atoms with Crippen molar-refractivity contribution in [2.75, 3.05) is 6.61 Å². The average molecular weight is 289 g/mol. The minimum Gasteiger partial charge on any atom is -0.485 e. The van der Waals surface area contributed by atoms with E-state index in [1.54, 1.807) is 12.3 Å². The molecule has 0 aromatic carbocycles. The first-order valence-electron chi connectivity index (χ1n) is 4.48. The van der Waals surface area contributed by atoms with Crippen LogP contribution in [0.4, 0.5) is 8.78 Å². The van der Waals surface area contributed by atoms with Crippen LogP contribution in [-0.2, 0) is 0 Å². The fourth-order valence-electron chi connectivity index (χ4n) is 1.25. The Labute approximate surface area is 98.6 Å². The Morgan fingerprint density at radius 2 is 2.19 bits per heavy atom. The summed E-state index contributed by atoms with van der Waals surface area (Å²) >= 11 is 3.26. The summed E-state index contributed by atoms with van der Waals surface area (Å²) in [5, 5.41) is 0. The number of halogens is 3. The molecule has 0 spiro atoms. The molecule has 84 valence electrons. The van der Waals surface area contributed by atoms with E-state index in [1.807, 2.05) is 0 Å². The topological polar surface area (TPSA) is 35.0 Å². The van der Waals surface area contributed by atoms with Crippen molar-refractivity contribution in [1.82, 2.24) is 9.97 Å². The summed E-state index contributed by atoms with van der Waals surface area (Å²) in [7, 11) is 0. The second-order valence-corrected chi connectivity index (χ2v) is 3.95. The second kappa shape index (κ2) is 4.69. The zero-order chi connectivity index (χ0) is 11.5. The van der Waals surface area contributed by atoms with E-state index in [4.69, 9.17) is 4.74 Å². The number of hydrogen-bond donors (Lipinski definition) is 0. The fourth-order valence-corrected chi connectivity index (χ4v) is 1.57. The van der Waals surface area contributed by atoms with Gasteiger partial charge in [0.15, 0.2) is 0 Å². The molecular formula is C10H7BrF2N2O. The minimum atomic E-state index is -2.50. The van der Waals surface area contributed by atoms with Crippen molar-refractivity contribution in [1.29, 1.82) is 0 Å². The van der Waals surface area contributed by atoms with Crippen LogP contribution < -0.4 is 4.74 Å². The fraction of sp³-hybridized carbons (Fsp3) is 0.200. The number of aromatic nitrogens is 2. The van der Waals surface area contributed by atoms with Crippen LogP contribution in [0, 0.1) is 0 Å². The summed E-state index contributed by atoms with van der Waals surface area (Å²) in [5.74, 6) is 0.317. The van der Waals surface area contributed by atoms with Gasteiger partial charge in [-0.15, -0.1) is 0 Å². The van der Waals surface area contributed by atoms with Gasteiger partial charge in [-0.1, -0.05) is 0 Å². The lowest BCUT2D eigenvalue weighted by atomic mass is 10.3. The normalized spacial score (nSPS) is 11.0. The summed E-state index contributed by atoms with van der Waals surface area (Å²) in [6.45, 7) is -0.642. The molecule has 0 aliphatic carbocycles. The van der Waals surface area contributed by atoms with Crippen molar-refractivity contribution in [3.8, 4) is 5.75 Å². The van der Waals surface area contributed by atoms with E-state index < -0.39 is 13.0 Å². The molecule has 0 bridgehead atoms. The molecule has 0 fully saturated rings. The van der Waals surface area contributed by atoms with Crippen molar-refractivity contribution in [3.63, 3.8) is 0 Å². The van der Waals surface area contributed by atoms with Gasteiger partial charge in [0.25, 0.3) is 6.43 Å². The molecule has 0 N–H and O–H groups in total. The van der Waals surface area contributed by atoms with Crippen LogP contribution in [0.5, 0.6) is 5.75 Å². The number of rotatable bonds is 3. The van der Waals surface area contributed by atoms with Crippen LogP contribution in [0.2, 0.25) is 0 Å². The molecule has 0 aliphatic rings. The van der Waals surface area contributed by atoms with Crippen LogP contribution in [0.15, 0.2) is 29.0 Å². The number of pyridine rings is 2. The summed E-state index contributed by atoms with van der Waals surface area (Å²) in [6, 6.07) is 3.27. The van der Waals surface area contributed by atoms with E-state index in [0.717, 1.165) is 4.47 Å². The second-order valence-electron chi connectivity index (χ2n) is 3.03. The van der Waals surface area contributed by atoms with Crippen LogP contribution >= 0.6 is 15.9 Å². The Kier molecular flexibility index (Phi) is 3.28. The molecule has 16 heavy (non-hydrogen) atoms. The lowest BCUT2D eigenvalue weighted by Gasteiger charge is -2.07. The zero-order valence-corrected chi connectivity index (χ0v) is 9.62. The standard InChI is InChI=1S/C10H7BrF2N2O/c11-6-3-7-10(15-4-6)8(1-2-14-7)16-5-9(12)13/h1-4,9H,5H2. The highest BCUT2D eigenvalue weighted by Crippen LogP contribution is 2.24. The van der Waals surface area contributed by atoms with Gasteiger partial charge in [-0.2, -0.15) is 0 Å². The monoisotopic (exact) mass is 288 g/mol. The van der Waals surface area contributed by atoms with Crippen LogP contribution in [0.3, 0.4) is 0 Å². The van der Waals surface area contributed by atoms with E-state index >= 15 is 0 Å². The van der Waals surface area contributed by atoms with E-state index in [1.165, 1.54) is 12.3 Å². The summed E-state index contributed by atoms with van der Waals surface area (Å²) in [6.07, 6.45) is 0.565. The third-order valence-electron chi connectivity index (χ3n) is 1.87. The highest BCUT2D eigenvalue weighted by molar-refractivity contribution is 9.10. The van der Waals surface area contributed by atoms with Crippen molar-refractivity contribution < 1.29 is 13.5 Å². The Balaban J connectivity index is 2.38. The van der Waals surface area contributed by atoms with E-state index in [-0.39, 0.29) is 0 Å². The quantitative estimate of drug-likeness (QED) is 0.871. The lowest BCUT2D eigenvalue weighted by molar-refractivity contribution is 0.0825. The van der Waals surface area contributed by atoms with Gasteiger partial charge >= 0.3 is 0 Å². The van der Waals surface area contributed by atoms with E-state index in [0.29, 0.717) is 16.8 Å². The molecule has 0 saturated heterocycles. The average Bonchev–Trinajstić information content (AvgIpc) is 2.25. The zero-order valence-electron chi connectivity index (χ0n) is 8.03. The first kappa shape index (κ1) is 11.2. The maximum Gasteiger partial charge on any atom is 0.272 e. The van der Waals surface area contributed by atoms with Crippen molar-refractivity contribution in [2.24, 2.45) is 0 Å². The summed E-state index contributed by atoms with van der Waals surface area (Å²) in [4.78, 5) is 8.15. The third kappa shape index (κ3) is 2.44.